The third-order valence-electron chi connectivity index (χ3n) is 4.58. The third-order valence-corrected chi connectivity index (χ3v) is 4.58. The molecule has 2 heterocycles. The van der Waals surface area contributed by atoms with Crippen molar-refractivity contribution in [2.24, 2.45) is 5.41 Å². The smallest absolute Gasteiger partial charge is 0.311 e. The molecular formula is C17H20N2O3. The fourth-order valence-corrected chi connectivity index (χ4v) is 3.18. The van der Waals surface area contributed by atoms with E-state index in [0.717, 1.165) is 22.9 Å². The molecule has 1 unspecified atom stereocenters. The number of para-hydroxylation sites is 1. The first-order valence-corrected chi connectivity index (χ1v) is 7.56. The van der Waals surface area contributed by atoms with Gasteiger partial charge < -0.3 is 15.0 Å². The van der Waals surface area contributed by atoms with Gasteiger partial charge in [0.2, 0.25) is 5.91 Å². The van der Waals surface area contributed by atoms with Gasteiger partial charge in [-0.25, -0.2) is 0 Å². The number of carboxylic acids is 1. The summed E-state index contributed by atoms with van der Waals surface area (Å²) in [5.74, 6) is -0.825. The van der Waals surface area contributed by atoms with Crippen molar-refractivity contribution in [2.75, 3.05) is 13.1 Å². The highest BCUT2D eigenvalue weighted by molar-refractivity contribution is 5.89. The van der Waals surface area contributed by atoms with Gasteiger partial charge in [0, 0.05) is 30.2 Å². The summed E-state index contributed by atoms with van der Waals surface area (Å²) >= 11 is 0. The van der Waals surface area contributed by atoms with Crippen molar-refractivity contribution in [2.45, 2.75) is 26.2 Å². The van der Waals surface area contributed by atoms with Crippen LogP contribution >= 0.6 is 0 Å². The van der Waals surface area contributed by atoms with Gasteiger partial charge in [-0.05, 0) is 31.4 Å². The van der Waals surface area contributed by atoms with E-state index < -0.39 is 11.4 Å². The van der Waals surface area contributed by atoms with Gasteiger partial charge in [-0.2, -0.15) is 0 Å². The number of rotatable bonds is 3. The molecule has 22 heavy (non-hydrogen) atoms. The molecule has 1 amide bonds. The number of aromatic nitrogens is 1. The summed E-state index contributed by atoms with van der Waals surface area (Å²) in [6.45, 7) is 2.66. The molecule has 1 fully saturated rings. The first-order chi connectivity index (χ1) is 10.5. The average Bonchev–Trinajstić information content (AvgIpc) is 2.90. The molecule has 0 radical (unpaired) electrons. The van der Waals surface area contributed by atoms with Crippen LogP contribution < -0.4 is 0 Å². The van der Waals surface area contributed by atoms with E-state index in [-0.39, 0.29) is 5.91 Å². The van der Waals surface area contributed by atoms with Crippen LogP contribution in [0.15, 0.2) is 30.5 Å². The first kappa shape index (κ1) is 14.6. The standard InChI is InChI=1S/C17H20N2O3/c1-17(16(21)22)7-4-8-19(11-17)15(20)9-12-10-18-14-6-3-2-5-13(12)14/h2-3,5-6,10,18H,4,7-9,11H2,1H3,(H,21,22). The predicted molar refractivity (Wildman–Crippen MR) is 83.6 cm³/mol. The van der Waals surface area contributed by atoms with Gasteiger partial charge >= 0.3 is 5.97 Å². The lowest BCUT2D eigenvalue weighted by molar-refractivity contribution is -0.153. The van der Waals surface area contributed by atoms with Crippen LogP contribution in [-0.2, 0) is 16.0 Å². The summed E-state index contributed by atoms with van der Waals surface area (Å²) in [4.78, 5) is 28.8. The molecule has 116 valence electrons. The van der Waals surface area contributed by atoms with Crippen molar-refractivity contribution in [3.8, 4) is 0 Å². The quantitative estimate of drug-likeness (QED) is 0.914. The lowest BCUT2D eigenvalue weighted by Gasteiger charge is -2.37. The lowest BCUT2D eigenvalue weighted by atomic mass is 9.82. The maximum Gasteiger partial charge on any atom is 0.311 e. The number of carbonyl (C=O) groups excluding carboxylic acids is 1. The van der Waals surface area contributed by atoms with Gasteiger partial charge in [0.15, 0.2) is 0 Å². The highest BCUT2D eigenvalue weighted by Gasteiger charge is 2.39. The Hall–Kier alpha value is -2.30. The molecule has 0 aliphatic carbocycles. The van der Waals surface area contributed by atoms with Crippen LogP contribution in [0.3, 0.4) is 0 Å². The second-order valence-corrected chi connectivity index (χ2v) is 6.32. The number of amides is 1. The minimum absolute atomic E-state index is 0.00284. The molecule has 0 saturated carbocycles. The van der Waals surface area contributed by atoms with Crippen LogP contribution in [0.25, 0.3) is 10.9 Å². The predicted octanol–water partition coefficient (Wildman–Crippen LogP) is 2.42. The van der Waals surface area contributed by atoms with Crippen LogP contribution in [-0.4, -0.2) is 40.0 Å². The van der Waals surface area contributed by atoms with Crippen LogP contribution in [0.2, 0.25) is 0 Å². The summed E-state index contributed by atoms with van der Waals surface area (Å²) in [6, 6.07) is 7.87. The molecule has 0 spiro atoms. The Bertz CT molecular complexity index is 722. The molecule has 1 aromatic heterocycles. The largest absolute Gasteiger partial charge is 0.481 e. The molecule has 5 heteroatoms. The molecule has 3 rings (SSSR count). The Balaban J connectivity index is 1.76. The van der Waals surface area contributed by atoms with Crippen LogP contribution in [0.5, 0.6) is 0 Å². The number of aliphatic carboxylic acids is 1. The normalized spacial score (nSPS) is 22.0. The number of aromatic amines is 1. The third kappa shape index (κ3) is 2.58. The molecule has 0 bridgehead atoms. The van der Waals surface area contributed by atoms with E-state index in [9.17, 15) is 14.7 Å². The zero-order valence-corrected chi connectivity index (χ0v) is 12.6. The number of fused-ring (bicyclic) bond motifs is 1. The van der Waals surface area contributed by atoms with Crippen LogP contribution in [0, 0.1) is 5.41 Å². The van der Waals surface area contributed by atoms with Crippen LogP contribution in [0.4, 0.5) is 0 Å². The number of likely N-dealkylation sites (tertiary alicyclic amines) is 1. The highest BCUT2D eigenvalue weighted by atomic mass is 16.4. The summed E-state index contributed by atoms with van der Waals surface area (Å²) < 4.78 is 0. The number of hydrogen-bond donors (Lipinski definition) is 2. The lowest BCUT2D eigenvalue weighted by Crippen LogP contribution is -2.48. The van der Waals surface area contributed by atoms with Crippen molar-refractivity contribution < 1.29 is 14.7 Å². The van der Waals surface area contributed by atoms with E-state index in [4.69, 9.17) is 0 Å². The number of carbonyl (C=O) groups is 2. The molecular weight excluding hydrogens is 280 g/mol. The Labute approximate surface area is 128 Å². The first-order valence-electron chi connectivity index (χ1n) is 7.56. The molecule has 1 aromatic carbocycles. The fraction of sp³-hybridized carbons (Fsp3) is 0.412. The highest BCUT2D eigenvalue weighted by Crippen LogP contribution is 2.30. The molecule has 1 aliphatic rings. The molecule has 2 N–H and O–H groups in total. The van der Waals surface area contributed by atoms with Gasteiger partial charge in [-0.15, -0.1) is 0 Å². The van der Waals surface area contributed by atoms with Gasteiger partial charge in [0.05, 0.1) is 11.8 Å². The number of nitrogens with one attached hydrogen (secondary N) is 1. The van der Waals surface area contributed by atoms with Crippen molar-refractivity contribution in [3.05, 3.63) is 36.0 Å². The summed E-state index contributed by atoms with van der Waals surface area (Å²) in [5.41, 5.74) is 1.15. The zero-order chi connectivity index (χ0) is 15.7. The monoisotopic (exact) mass is 300 g/mol. The van der Waals surface area contributed by atoms with E-state index in [1.165, 1.54) is 0 Å². The van der Waals surface area contributed by atoms with Gasteiger partial charge in [0.1, 0.15) is 0 Å². The topological polar surface area (TPSA) is 73.4 Å². The fourth-order valence-electron chi connectivity index (χ4n) is 3.18. The van der Waals surface area contributed by atoms with Crippen LogP contribution in [0.1, 0.15) is 25.3 Å². The number of nitrogens with zero attached hydrogens (tertiary/aromatic N) is 1. The molecule has 1 atom stereocenters. The van der Waals surface area contributed by atoms with Crippen molar-refractivity contribution in [1.29, 1.82) is 0 Å². The second kappa shape index (κ2) is 5.48. The van der Waals surface area contributed by atoms with E-state index in [1.54, 1.807) is 11.8 Å². The minimum atomic E-state index is -0.825. The number of piperidine rings is 1. The number of H-pyrrole nitrogens is 1. The number of hydrogen-bond acceptors (Lipinski definition) is 2. The van der Waals surface area contributed by atoms with Gasteiger partial charge in [-0.3, -0.25) is 9.59 Å². The average molecular weight is 300 g/mol. The Morgan fingerprint density at radius 3 is 2.91 bits per heavy atom. The molecule has 1 aliphatic heterocycles. The molecule has 5 nitrogen and oxygen atoms in total. The minimum Gasteiger partial charge on any atom is -0.481 e. The second-order valence-electron chi connectivity index (χ2n) is 6.32. The Morgan fingerprint density at radius 1 is 1.36 bits per heavy atom. The Kier molecular flexibility index (Phi) is 3.64. The maximum atomic E-state index is 12.5. The summed E-state index contributed by atoms with van der Waals surface area (Å²) in [6.07, 6.45) is 3.53. The summed E-state index contributed by atoms with van der Waals surface area (Å²) in [5, 5.41) is 10.4. The van der Waals surface area contributed by atoms with Crippen molar-refractivity contribution in [3.63, 3.8) is 0 Å². The maximum absolute atomic E-state index is 12.5. The Morgan fingerprint density at radius 2 is 2.14 bits per heavy atom. The van der Waals surface area contributed by atoms with E-state index in [2.05, 4.69) is 4.98 Å². The SMILES string of the molecule is CC1(C(=O)O)CCCN(C(=O)Cc2c[nH]c3ccccc23)C1. The van der Waals surface area contributed by atoms with E-state index in [1.807, 2.05) is 30.5 Å². The summed E-state index contributed by atoms with van der Waals surface area (Å²) in [7, 11) is 0. The van der Waals surface area contributed by atoms with E-state index >= 15 is 0 Å². The number of benzene rings is 1. The van der Waals surface area contributed by atoms with Crippen molar-refractivity contribution in [1.82, 2.24) is 9.88 Å². The van der Waals surface area contributed by atoms with E-state index in [0.29, 0.717) is 25.9 Å². The molecule has 1 saturated heterocycles. The van der Waals surface area contributed by atoms with Gasteiger partial charge in [0.25, 0.3) is 0 Å². The molecule has 2 aromatic rings. The zero-order valence-electron chi connectivity index (χ0n) is 12.6. The van der Waals surface area contributed by atoms with Crippen molar-refractivity contribution >= 4 is 22.8 Å². The number of carboxylic acid groups (broad SMARTS) is 1. The van der Waals surface area contributed by atoms with Gasteiger partial charge in [-0.1, -0.05) is 18.2 Å².